The number of para-hydroxylation sites is 2. The molecule has 33 heavy (non-hydrogen) atoms. The van der Waals surface area contributed by atoms with Crippen molar-refractivity contribution in [2.75, 3.05) is 16.7 Å². The van der Waals surface area contributed by atoms with Gasteiger partial charge in [0, 0.05) is 12.7 Å². The van der Waals surface area contributed by atoms with Crippen LogP contribution in [0.4, 0.5) is 11.4 Å². The number of nitrogens with zero attached hydrogens (tertiary/aromatic N) is 1. The van der Waals surface area contributed by atoms with Crippen LogP contribution >= 0.6 is 0 Å². The first-order valence-electron chi connectivity index (χ1n) is 10.9. The number of anilines is 2. The van der Waals surface area contributed by atoms with E-state index in [1.54, 1.807) is 43.3 Å². The highest BCUT2D eigenvalue weighted by molar-refractivity contribution is 7.92. The standard InChI is InChI=1S/C26H30N2O4S/c1-5-19(2)24-13-9-10-14-25(24)32-20(3)26(29)27-21-15-17-23(18-16-21)33(30,31)28(4)22-11-7-6-8-12-22/h6-20H,5H2,1-4H3,(H,27,29). The highest BCUT2D eigenvalue weighted by Crippen LogP contribution is 2.29. The molecule has 0 aliphatic heterocycles. The third kappa shape index (κ3) is 5.73. The molecule has 0 aromatic heterocycles. The lowest BCUT2D eigenvalue weighted by Gasteiger charge is -2.20. The summed E-state index contributed by atoms with van der Waals surface area (Å²) in [6.07, 6.45) is 0.248. The van der Waals surface area contributed by atoms with Gasteiger partial charge in [-0.05, 0) is 67.3 Å². The Labute approximate surface area is 196 Å². The molecule has 0 aliphatic rings. The summed E-state index contributed by atoms with van der Waals surface area (Å²) in [5, 5.41) is 2.79. The number of amides is 1. The minimum atomic E-state index is -3.71. The largest absolute Gasteiger partial charge is 0.481 e. The lowest BCUT2D eigenvalue weighted by molar-refractivity contribution is -0.122. The van der Waals surface area contributed by atoms with E-state index in [1.807, 2.05) is 30.3 Å². The van der Waals surface area contributed by atoms with Crippen molar-refractivity contribution < 1.29 is 17.9 Å². The predicted octanol–water partition coefficient (Wildman–Crippen LogP) is 5.43. The first-order chi connectivity index (χ1) is 15.7. The van der Waals surface area contributed by atoms with E-state index >= 15 is 0 Å². The summed E-state index contributed by atoms with van der Waals surface area (Å²) >= 11 is 0. The van der Waals surface area contributed by atoms with Gasteiger partial charge in [0.2, 0.25) is 0 Å². The molecule has 0 radical (unpaired) electrons. The van der Waals surface area contributed by atoms with Gasteiger partial charge in [0.25, 0.3) is 15.9 Å². The van der Waals surface area contributed by atoms with E-state index in [1.165, 1.54) is 23.5 Å². The molecule has 3 aromatic carbocycles. The monoisotopic (exact) mass is 466 g/mol. The number of carbonyl (C=O) groups excluding carboxylic acids is 1. The van der Waals surface area contributed by atoms with E-state index in [9.17, 15) is 13.2 Å². The van der Waals surface area contributed by atoms with E-state index in [0.29, 0.717) is 23.0 Å². The van der Waals surface area contributed by atoms with Crippen molar-refractivity contribution in [1.82, 2.24) is 0 Å². The molecular weight excluding hydrogens is 436 g/mol. The fraction of sp³-hybridized carbons (Fsp3) is 0.269. The normalized spacial score (nSPS) is 13.1. The molecule has 1 N–H and O–H groups in total. The van der Waals surface area contributed by atoms with Gasteiger partial charge in [-0.3, -0.25) is 9.10 Å². The van der Waals surface area contributed by atoms with E-state index in [-0.39, 0.29) is 10.8 Å². The van der Waals surface area contributed by atoms with Crippen LogP contribution in [0.15, 0.2) is 83.8 Å². The zero-order chi connectivity index (χ0) is 24.0. The number of benzene rings is 3. The Morgan fingerprint density at radius 3 is 2.18 bits per heavy atom. The molecule has 1 amide bonds. The third-order valence-electron chi connectivity index (χ3n) is 5.64. The molecule has 2 unspecified atom stereocenters. The van der Waals surface area contributed by atoms with Crippen LogP contribution in [0, 0.1) is 0 Å². The summed E-state index contributed by atoms with van der Waals surface area (Å²) in [5.74, 6) is 0.700. The van der Waals surface area contributed by atoms with Gasteiger partial charge in [-0.15, -0.1) is 0 Å². The van der Waals surface area contributed by atoms with Gasteiger partial charge < -0.3 is 10.1 Å². The second-order valence-corrected chi connectivity index (χ2v) is 9.90. The lowest BCUT2D eigenvalue weighted by atomic mass is 9.98. The minimum absolute atomic E-state index is 0.138. The van der Waals surface area contributed by atoms with Crippen LogP contribution in [0.2, 0.25) is 0 Å². The maximum absolute atomic E-state index is 12.9. The summed E-state index contributed by atoms with van der Waals surface area (Å²) in [4.78, 5) is 12.8. The van der Waals surface area contributed by atoms with Crippen LogP contribution in [0.25, 0.3) is 0 Å². The molecular formula is C26H30N2O4S. The van der Waals surface area contributed by atoms with Gasteiger partial charge in [-0.2, -0.15) is 0 Å². The topological polar surface area (TPSA) is 75.7 Å². The molecule has 0 aliphatic carbocycles. The minimum Gasteiger partial charge on any atom is -0.481 e. The quantitative estimate of drug-likeness (QED) is 0.456. The van der Waals surface area contributed by atoms with Crippen molar-refractivity contribution in [3.8, 4) is 5.75 Å². The zero-order valence-electron chi connectivity index (χ0n) is 19.4. The number of rotatable bonds is 9. The van der Waals surface area contributed by atoms with Crippen molar-refractivity contribution in [2.45, 2.75) is 44.1 Å². The molecule has 6 nitrogen and oxygen atoms in total. The Morgan fingerprint density at radius 2 is 1.55 bits per heavy atom. The van der Waals surface area contributed by atoms with Gasteiger partial charge >= 0.3 is 0 Å². The van der Waals surface area contributed by atoms with Crippen molar-refractivity contribution in [3.63, 3.8) is 0 Å². The smallest absolute Gasteiger partial charge is 0.265 e. The number of ether oxygens (including phenoxy) is 1. The highest BCUT2D eigenvalue weighted by atomic mass is 32.2. The summed E-state index contributed by atoms with van der Waals surface area (Å²) in [6.45, 7) is 5.92. The van der Waals surface area contributed by atoms with Gasteiger partial charge in [-0.25, -0.2) is 8.42 Å². The second-order valence-electron chi connectivity index (χ2n) is 7.93. The SMILES string of the molecule is CCC(C)c1ccccc1OC(C)C(=O)Nc1ccc(S(=O)(=O)N(C)c2ccccc2)cc1. The van der Waals surface area contributed by atoms with Crippen LogP contribution < -0.4 is 14.4 Å². The number of nitrogens with one attached hydrogen (secondary N) is 1. The molecule has 0 saturated carbocycles. The predicted molar refractivity (Wildman–Crippen MR) is 132 cm³/mol. The summed E-state index contributed by atoms with van der Waals surface area (Å²) in [5.41, 5.74) is 2.13. The van der Waals surface area contributed by atoms with Crippen molar-refractivity contribution in [3.05, 3.63) is 84.4 Å². The van der Waals surface area contributed by atoms with Gasteiger partial charge in [-0.1, -0.05) is 50.2 Å². The molecule has 7 heteroatoms. The molecule has 174 valence electrons. The number of hydrogen-bond acceptors (Lipinski definition) is 4. The van der Waals surface area contributed by atoms with E-state index in [0.717, 1.165) is 12.0 Å². The Kier molecular flexibility index (Phi) is 7.76. The maximum Gasteiger partial charge on any atom is 0.265 e. The van der Waals surface area contributed by atoms with Crippen molar-refractivity contribution in [1.29, 1.82) is 0 Å². The number of sulfonamides is 1. The van der Waals surface area contributed by atoms with Crippen molar-refractivity contribution in [2.24, 2.45) is 0 Å². The van der Waals surface area contributed by atoms with Crippen molar-refractivity contribution >= 4 is 27.3 Å². The average Bonchev–Trinajstić information content (AvgIpc) is 2.84. The Hall–Kier alpha value is -3.32. The molecule has 3 aromatic rings. The first kappa shape index (κ1) is 24.3. The molecule has 0 heterocycles. The zero-order valence-corrected chi connectivity index (χ0v) is 20.2. The Bertz CT molecular complexity index is 1180. The molecule has 0 bridgehead atoms. The average molecular weight is 467 g/mol. The molecule has 3 rings (SSSR count). The number of carbonyl (C=O) groups is 1. The molecule has 2 atom stereocenters. The molecule has 0 saturated heterocycles. The van der Waals surface area contributed by atoms with Gasteiger partial charge in [0.15, 0.2) is 6.10 Å². The van der Waals surface area contributed by atoms with Crippen LogP contribution in [-0.4, -0.2) is 27.5 Å². The van der Waals surface area contributed by atoms with Gasteiger partial charge in [0.1, 0.15) is 5.75 Å². The van der Waals surface area contributed by atoms with E-state index in [4.69, 9.17) is 4.74 Å². The van der Waals surface area contributed by atoms with Gasteiger partial charge in [0.05, 0.1) is 10.6 Å². The lowest BCUT2D eigenvalue weighted by Crippen LogP contribution is -2.30. The fourth-order valence-corrected chi connectivity index (χ4v) is 4.54. The summed E-state index contributed by atoms with van der Waals surface area (Å²) in [7, 11) is -2.20. The Morgan fingerprint density at radius 1 is 0.939 bits per heavy atom. The second kappa shape index (κ2) is 10.5. The van der Waals surface area contributed by atoms with E-state index < -0.39 is 16.1 Å². The fourth-order valence-electron chi connectivity index (χ4n) is 3.35. The van der Waals surface area contributed by atoms with Crippen LogP contribution in [0.5, 0.6) is 5.75 Å². The number of hydrogen-bond donors (Lipinski definition) is 1. The summed E-state index contributed by atoms with van der Waals surface area (Å²) < 4.78 is 33.0. The first-order valence-corrected chi connectivity index (χ1v) is 12.4. The maximum atomic E-state index is 12.9. The Balaban J connectivity index is 1.68. The molecule has 0 fully saturated rings. The van der Waals surface area contributed by atoms with E-state index in [2.05, 4.69) is 19.2 Å². The highest BCUT2D eigenvalue weighted by Gasteiger charge is 2.22. The molecule has 0 spiro atoms. The van der Waals surface area contributed by atoms with Crippen LogP contribution in [0.1, 0.15) is 38.7 Å². The van der Waals surface area contributed by atoms with Crippen LogP contribution in [-0.2, 0) is 14.8 Å². The summed E-state index contributed by atoms with van der Waals surface area (Å²) in [6, 6.07) is 22.7. The third-order valence-corrected chi connectivity index (χ3v) is 7.44. The van der Waals surface area contributed by atoms with Crippen LogP contribution in [0.3, 0.4) is 0 Å².